The molecule has 0 aliphatic carbocycles. The van der Waals surface area contributed by atoms with Crippen LogP contribution < -0.4 is 5.32 Å². The van der Waals surface area contributed by atoms with Gasteiger partial charge in [-0.05, 0) is 17.7 Å². The minimum atomic E-state index is -0.363. The summed E-state index contributed by atoms with van der Waals surface area (Å²) in [6.45, 7) is 0.431. The van der Waals surface area contributed by atoms with Crippen LogP contribution >= 0.6 is 11.6 Å². The number of hydrogen-bond acceptors (Lipinski definition) is 3. The van der Waals surface area contributed by atoms with Crippen molar-refractivity contribution in [1.29, 1.82) is 0 Å². The Morgan fingerprint density at radius 1 is 1.15 bits per heavy atom. The summed E-state index contributed by atoms with van der Waals surface area (Å²) in [4.78, 5) is 11.9. The monoisotopic (exact) mass is 289 g/mol. The first-order chi connectivity index (χ1) is 9.72. The van der Waals surface area contributed by atoms with Crippen molar-refractivity contribution in [3.63, 3.8) is 0 Å². The Labute approximate surface area is 123 Å². The lowest BCUT2D eigenvalue weighted by atomic mass is 9.99. The first kappa shape index (κ1) is 14.4. The van der Waals surface area contributed by atoms with Crippen LogP contribution in [0.15, 0.2) is 54.6 Å². The van der Waals surface area contributed by atoms with Crippen LogP contribution in [-0.4, -0.2) is 19.6 Å². The van der Waals surface area contributed by atoms with Crippen LogP contribution in [0.3, 0.4) is 0 Å². The highest BCUT2D eigenvalue weighted by Crippen LogP contribution is 2.23. The fourth-order valence-electron chi connectivity index (χ4n) is 1.98. The van der Waals surface area contributed by atoms with Crippen molar-refractivity contribution in [2.75, 3.05) is 19.0 Å². The standard InChI is InChI=1S/C16H16ClNO2/c1-20-16(19)13(12-7-3-2-4-8-12)11-18-15-10-6-5-9-14(15)17/h2-10,13,18H,11H2,1H3. The van der Waals surface area contributed by atoms with Crippen LogP contribution in [0.2, 0.25) is 5.02 Å². The summed E-state index contributed by atoms with van der Waals surface area (Å²) in [6, 6.07) is 17.0. The van der Waals surface area contributed by atoms with E-state index in [2.05, 4.69) is 5.32 Å². The zero-order valence-corrected chi connectivity index (χ0v) is 11.9. The van der Waals surface area contributed by atoms with Crippen LogP contribution in [0, 0.1) is 0 Å². The zero-order chi connectivity index (χ0) is 14.4. The van der Waals surface area contributed by atoms with E-state index in [0.717, 1.165) is 11.3 Å². The molecule has 0 saturated carbocycles. The van der Waals surface area contributed by atoms with Gasteiger partial charge in [0.1, 0.15) is 0 Å². The van der Waals surface area contributed by atoms with Crippen LogP contribution in [0.1, 0.15) is 11.5 Å². The average Bonchev–Trinajstić information content (AvgIpc) is 2.50. The molecule has 3 nitrogen and oxygen atoms in total. The lowest BCUT2D eigenvalue weighted by Crippen LogP contribution is -2.22. The van der Waals surface area contributed by atoms with Crippen molar-refractivity contribution in [1.82, 2.24) is 0 Å². The number of esters is 1. The number of benzene rings is 2. The molecule has 1 atom stereocenters. The molecule has 0 saturated heterocycles. The first-order valence-electron chi connectivity index (χ1n) is 6.33. The van der Waals surface area contributed by atoms with E-state index in [-0.39, 0.29) is 11.9 Å². The number of para-hydroxylation sites is 1. The summed E-state index contributed by atoms with van der Waals surface area (Å²) in [7, 11) is 1.40. The minimum Gasteiger partial charge on any atom is -0.468 e. The van der Waals surface area contributed by atoms with E-state index in [0.29, 0.717) is 11.6 Å². The molecular formula is C16H16ClNO2. The second-order valence-corrected chi connectivity index (χ2v) is 4.75. The Balaban J connectivity index is 2.14. The van der Waals surface area contributed by atoms with Gasteiger partial charge in [-0.25, -0.2) is 0 Å². The summed E-state index contributed by atoms with van der Waals surface area (Å²) in [5.41, 5.74) is 1.72. The quantitative estimate of drug-likeness (QED) is 0.853. The zero-order valence-electron chi connectivity index (χ0n) is 11.2. The smallest absolute Gasteiger partial charge is 0.314 e. The summed E-state index contributed by atoms with van der Waals surface area (Å²) < 4.78 is 4.87. The number of anilines is 1. The second-order valence-electron chi connectivity index (χ2n) is 4.35. The molecule has 20 heavy (non-hydrogen) atoms. The summed E-state index contributed by atoms with van der Waals surface area (Å²) in [5.74, 6) is -0.631. The molecule has 0 radical (unpaired) electrons. The molecule has 1 unspecified atom stereocenters. The Morgan fingerprint density at radius 3 is 2.45 bits per heavy atom. The lowest BCUT2D eigenvalue weighted by molar-refractivity contribution is -0.142. The molecule has 2 aromatic carbocycles. The Bertz CT molecular complexity index is 572. The van der Waals surface area contributed by atoms with Gasteiger partial charge >= 0.3 is 5.97 Å². The highest BCUT2D eigenvalue weighted by Gasteiger charge is 2.21. The second kappa shape index (κ2) is 6.96. The minimum absolute atomic E-state index is 0.268. The molecule has 0 aromatic heterocycles. The van der Waals surface area contributed by atoms with Crippen molar-refractivity contribution in [3.05, 3.63) is 65.2 Å². The Morgan fingerprint density at radius 2 is 1.80 bits per heavy atom. The van der Waals surface area contributed by atoms with E-state index in [4.69, 9.17) is 16.3 Å². The summed E-state index contributed by atoms with van der Waals surface area (Å²) in [5, 5.41) is 3.82. The van der Waals surface area contributed by atoms with Crippen molar-refractivity contribution in [2.24, 2.45) is 0 Å². The van der Waals surface area contributed by atoms with E-state index < -0.39 is 0 Å². The van der Waals surface area contributed by atoms with Crippen LogP contribution in [0.5, 0.6) is 0 Å². The van der Waals surface area contributed by atoms with Gasteiger partial charge in [0.25, 0.3) is 0 Å². The molecule has 104 valence electrons. The van der Waals surface area contributed by atoms with E-state index in [9.17, 15) is 4.79 Å². The normalized spacial score (nSPS) is 11.7. The van der Waals surface area contributed by atoms with E-state index in [1.54, 1.807) is 6.07 Å². The maximum atomic E-state index is 11.9. The molecular weight excluding hydrogens is 274 g/mol. The molecule has 0 spiro atoms. The van der Waals surface area contributed by atoms with Gasteiger partial charge in [0.15, 0.2) is 0 Å². The Hall–Kier alpha value is -2.00. The van der Waals surface area contributed by atoms with Crippen molar-refractivity contribution >= 4 is 23.3 Å². The maximum Gasteiger partial charge on any atom is 0.314 e. The van der Waals surface area contributed by atoms with E-state index in [1.807, 2.05) is 48.5 Å². The number of halogens is 1. The molecule has 2 aromatic rings. The molecule has 4 heteroatoms. The third kappa shape index (κ3) is 3.52. The summed E-state index contributed by atoms with van der Waals surface area (Å²) in [6.07, 6.45) is 0. The fraction of sp³-hybridized carbons (Fsp3) is 0.188. The maximum absolute atomic E-state index is 11.9. The molecule has 0 bridgehead atoms. The Kier molecular flexibility index (Phi) is 5.02. The highest BCUT2D eigenvalue weighted by atomic mass is 35.5. The van der Waals surface area contributed by atoms with Gasteiger partial charge in [-0.3, -0.25) is 4.79 Å². The van der Waals surface area contributed by atoms with Gasteiger partial charge in [-0.15, -0.1) is 0 Å². The molecule has 0 amide bonds. The number of methoxy groups -OCH3 is 1. The number of rotatable bonds is 5. The number of carbonyl (C=O) groups is 1. The molecule has 0 heterocycles. The highest BCUT2D eigenvalue weighted by molar-refractivity contribution is 6.33. The van der Waals surface area contributed by atoms with Crippen LogP contribution in [-0.2, 0) is 9.53 Å². The van der Waals surface area contributed by atoms with E-state index >= 15 is 0 Å². The third-order valence-corrected chi connectivity index (χ3v) is 3.39. The average molecular weight is 290 g/mol. The predicted octanol–water partition coefficient (Wildman–Crippen LogP) is 3.71. The molecule has 2 rings (SSSR count). The van der Waals surface area contributed by atoms with Gasteiger partial charge in [0, 0.05) is 6.54 Å². The van der Waals surface area contributed by atoms with E-state index in [1.165, 1.54) is 7.11 Å². The number of hydrogen-bond donors (Lipinski definition) is 1. The number of ether oxygens (including phenoxy) is 1. The summed E-state index contributed by atoms with van der Waals surface area (Å²) >= 11 is 6.09. The van der Waals surface area contributed by atoms with Gasteiger partial charge in [-0.1, -0.05) is 54.1 Å². The topological polar surface area (TPSA) is 38.3 Å². The van der Waals surface area contributed by atoms with Gasteiger partial charge in [-0.2, -0.15) is 0 Å². The molecule has 1 N–H and O–H groups in total. The van der Waals surface area contributed by atoms with Crippen molar-refractivity contribution in [3.8, 4) is 0 Å². The largest absolute Gasteiger partial charge is 0.468 e. The van der Waals surface area contributed by atoms with Crippen LogP contribution in [0.25, 0.3) is 0 Å². The SMILES string of the molecule is COC(=O)C(CNc1ccccc1Cl)c1ccccc1. The molecule has 0 aliphatic rings. The third-order valence-electron chi connectivity index (χ3n) is 3.06. The number of carbonyl (C=O) groups excluding carboxylic acids is 1. The van der Waals surface area contributed by atoms with Crippen molar-refractivity contribution in [2.45, 2.75) is 5.92 Å². The van der Waals surface area contributed by atoms with Crippen LogP contribution in [0.4, 0.5) is 5.69 Å². The van der Waals surface area contributed by atoms with Gasteiger partial charge < -0.3 is 10.1 Å². The lowest BCUT2D eigenvalue weighted by Gasteiger charge is -2.17. The van der Waals surface area contributed by atoms with Crippen molar-refractivity contribution < 1.29 is 9.53 Å². The van der Waals surface area contributed by atoms with Gasteiger partial charge in [0.2, 0.25) is 0 Å². The van der Waals surface area contributed by atoms with Gasteiger partial charge in [0.05, 0.1) is 23.7 Å². The molecule has 0 aliphatic heterocycles. The fourth-order valence-corrected chi connectivity index (χ4v) is 2.18. The first-order valence-corrected chi connectivity index (χ1v) is 6.71. The molecule has 0 fully saturated rings. The number of nitrogens with one attached hydrogen (secondary N) is 1. The predicted molar refractivity (Wildman–Crippen MR) is 81.1 cm³/mol.